The molecule has 0 atom stereocenters. The number of carbonyl (C=O) groups is 1. The molecule has 0 saturated heterocycles. The van der Waals surface area contributed by atoms with Crippen molar-refractivity contribution in [2.45, 2.75) is 35.8 Å². The van der Waals surface area contributed by atoms with Crippen molar-refractivity contribution in [2.24, 2.45) is 0 Å². The van der Waals surface area contributed by atoms with Gasteiger partial charge in [0.1, 0.15) is 0 Å². The molecule has 0 radical (unpaired) electrons. The van der Waals surface area contributed by atoms with E-state index in [1.165, 1.54) is 0 Å². The zero-order valence-corrected chi connectivity index (χ0v) is 17.8. The Morgan fingerprint density at radius 2 is 1.63 bits per heavy atom. The summed E-state index contributed by atoms with van der Waals surface area (Å²) in [5.74, 6) is -0.278. The van der Waals surface area contributed by atoms with Crippen molar-refractivity contribution in [3.8, 4) is 11.3 Å². The van der Waals surface area contributed by atoms with Gasteiger partial charge in [-0.3, -0.25) is 9.78 Å². The van der Waals surface area contributed by atoms with E-state index in [0.717, 1.165) is 31.2 Å². The second-order valence-electron chi connectivity index (χ2n) is 7.34. The standard InChI is InChI=1S/C23H21ClN2O3S/c24-21-6-3-15-25-22(21)16-7-9-17(10-8-16)23(27)26-18-11-13-20(14-12-18)30(28,29)19-4-1-2-5-19/h3,6-15,19H,1-2,4-5H2,(H,26,27). The molecule has 2 aromatic carbocycles. The normalized spacial score (nSPS) is 14.6. The van der Waals surface area contributed by atoms with Crippen LogP contribution in [0.4, 0.5) is 5.69 Å². The maximum absolute atomic E-state index is 12.7. The number of pyridine rings is 1. The first kappa shape index (κ1) is 20.6. The number of nitrogens with one attached hydrogen (secondary N) is 1. The van der Waals surface area contributed by atoms with Crippen LogP contribution in [0.5, 0.6) is 0 Å². The molecule has 1 N–H and O–H groups in total. The lowest BCUT2D eigenvalue weighted by molar-refractivity contribution is 0.102. The van der Waals surface area contributed by atoms with Crippen molar-refractivity contribution < 1.29 is 13.2 Å². The van der Waals surface area contributed by atoms with Crippen LogP contribution in [0.25, 0.3) is 11.3 Å². The average molecular weight is 441 g/mol. The number of amides is 1. The number of hydrogen-bond acceptors (Lipinski definition) is 4. The number of nitrogens with zero attached hydrogens (tertiary/aromatic N) is 1. The summed E-state index contributed by atoms with van der Waals surface area (Å²) in [6.45, 7) is 0. The third kappa shape index (κ3) is 4.25. The Morgan fingerprint density at radius 1 is 0.967 bits per heavy atom. The number of carbonyl (C=O) groups excluding carboxylic acids is 1. The summed E-state index contributed by atoms with van der Waals surface area (Å²) in [7, 11) is -3.30. The molecule has 1 fully saturated rings. The van der Waals surface area contributed by atoms with E-state index in [1.54, 1.807) is 66.9 Å². The molecule has 1 aliphatic rings. The van der Waals surface area contributed by atoms with Crippen LogP contribution in [-0.4, -0.2) is 24.6 Å². The van der Waals surface area contributed by atoms with Crippen molar-refractivity contribution in [3.05, 3.63) is 77.4 Å². The van der Waals surface area contributed by atoms with E-state index < -0.39 is 9.84 Å². The van der Waals surface area contributed by atoms with E-state index in [-0.39, 0.29) is 11.2 Å². The molecule has 1 aromatic heterocycles. The molecule has 1 aliphatic carbocycles. The minimum Gasteiger partial charge on any atom is -0.322 e. The van der Waals surface area contributed by atoms with Crippen LogP contribution in [0.15, 0.2) is 71.8 Å². The average Bonchev–Trinajstić information content (AvgIpc) is 3.31. The summed E-state index contributed by atoms with van der Waals surface area (Å²) in [6, 6.07) is 16.9. The van der Waals surface area contributed by atoms with E-state index in [4.69, 9.17) is 11.6 Å². The van der Waals surface area contributed by atoms with E-state index in [0.29, 0.717) is 26.9 Å². The highest BCUT2D eigenvalue weighted by molar-refractivity contribution is 7.92. The van der Waals surface area contributed by atoms with Crippen LogP contribution >= 0.6 is 11.6 Å². The fourth-order valence-corrected chi connectivity index (χ4v) is 5.78. The molecule has 3 aromatic rings. The molecule has 1 heterocycles. The van der Waals surface area contributed by atoms with Crippen molar-refractivity contribution in [1.82, 2.24) is 4.98 Å². The Labute approximate surface area is 181 Å². The molecule has 0 spiro atoms. The van der Waals surface area contributed by atoms with Gasteiger partial charge in [-0.1, -0.05) is 36.6 Å². The van der Waals surface area contributed by atoms with Gasteiger partial charge >= 0.3 is 0 Å². The van der Waals surface area contributed by atoms with Crippen molar-refractivity contribution >= 4 is 33.0 Å². The largest absolute Gasteiger partial charge is 0.322 e. The fourth-order valence-electron chi connectivity index (χ4n) is 3.70. The van der Waals surface area contributed by atoms with Crippen molar-refractivity contribution in [1.29, 1.82) is 0 Å². The fraction of sp³-hybridized carbons (Fsp3) is 0.217. The van der Waals surface area contributed by atoms with Crippen molar-refractivity contribution in [2.75, 3.05) is 5.32 Å². The van der Waals surface area contributed by atoms with Crippen LogP contribution in [-0.2, 0) is 9.84 Å². The molecule has 0 aliphatic heterocycles. The highest BCUT2D eigenvalue weighted by atomic mass is 35.5. The highest BCUT2D eigenvalue weighted by Gasteiger charge is 2.30. The molecular formula is C23H21ClN2O3S. The SMILES string of the molecule is O=C(Nc1ccc(S(=O)(=O)C2CCCC2)cc1)c1ccc(-c2ncccc2Cl)cc1. The Balaban J connectivity index is 1.46. The minimum atomic E-state index is -3.30. The van der Waals surface area contributed by atoms with Gasteiger partial charge in [-0.15, -0.1) is 0 Å². The molecule has 1 saturated carbocycles. The first-order valence-corrected chi connectivity index (χ1v) is 11.7. The number of rotatable bonds is 5. The van der Waals surface area contributed by atoms with Gasteiger partial charge in [-0.2, -0.15) is 0 Å². The lowest BCUT2D eigenvalue weighted by atomic mass is 10.1. The molecule has 1 amide bonds. The Kier molecular flexibility index (Phi) is 5.88. The van der Waals surface area contributed by atoms with Crippen LogP contribution in [0.3, 0.4) is 0 Å². The maximum atomic E-state index is 12.7. The Hall–Kier alpha value is -2.70. The summed E-state index contributed by atoms with van der Waals surface area (Å²) in [6.07, 6.45) is 5.03. The third-order valence-electron chi connectivity index (χ3n) is 5.36. The van der Waals surface area contributed by atoms with Gasteiger partial charge in [0.25, 0.3) is 5.91 Å². The lowest BCUT2D eigenvalue weighted by Crippen LogP contribution is -2.18. The summed E-state index contributed by atoms with van der Waals surface area (Å²) >= 11 is 6.17. The van der Waals surface area contributed by atoms with Crippen LogP contribution < -0.4 is 5.32 Å². The number of anilines is 1. The van der Waals surface area contributed by atoms with E-state index in [2.05, 4.69) is 10.3 Å². The third-order valence-corrected chi connectivity index (χ3v) is 7.94. The topological polar surface area (TPSA) is 76.1 Å². The first-order chi connectivity index (χ1) is 14.4. The van der Waals surface area contributed by atoms with Crippen LogP contribution in [0, 0.1) is 0 Å². The quantitative estimate of drug-likeness (QED) is 0.578. The minimum absolute atomic E-state index is 0.278. The molecule has 30 heavy (non-hydrogen) atoms. The van der Waals surface area contributed by atoms with E-state index >= 15 is 0 Å². The smallest absolute Gasteiger partial charge is 0.255 e. The van der Waals surface area contributed by atoms with Crippen LogP contribution in [0.2, 0.25) is 5.02 Å². The number of sulfone groups is 1. The Bertz CT molecular complexity index is 1150. The second-order valence-corrected chi connectivity index (χ2v) is 9.98. The van der Waals surface area contributed by atoms with Gasteiger partial charge in [0.05, 0.1) is 20.9 Å². The summed E-state index contributed by atoms with van der Waals surface area (Å²) in [4.78, 5) is 17.1. The summed E-state index contributed by atoms with van der Waals surface area (Å²) in [5, 5.41) is 3.06. The zero-order chi connectivity index (χ0) is 21.1. The molecular weight excluding hydrogens is 420 g/mol. The number of benzene rings is 2. The van der Waals surface area contributed by atoms with Crippen LogP contribution in [0.1, 0.15) is 36.0 Å². The predicted molar refractivity (Wildman–Crippen MR) is 119 cm³/mol. The first-order valence-electron chi connectivity index (χ1n) is 9.81. The zero-order valence-electron chi connectivity index (χ0n) is 16.2. The van der Waals surface area contributed by atoms with Gasteiger partial charge in [-0.05, 0) is 61.4 Å². The monoisotopic (exact) mass is 440 g/mol. The number of aromatic nitrogens is 1. The van der Waals surface area contributed by atoms with E-state index in [9.17, 15) is 13.2 Å². The molecule has 4 rings (SSSR count). The lowest BCUT2D eigenvalue weighted by Gasteiger charge is -2.12. The van der Waals surface area contributed by atoms with Gasteiger partial charge in [0.15, 0.2) is 9.84 Å². The second kappa shape index (κ2) is 8.58. The Morgan fingerprint density at radius 3 is 2.27 bits per heavy atom. The van der Waals surface area contributed by atoms with Gasteiger partial charge in [0.2, 0.25) is 0 Å². The molecule has 7 heteroatoms. The highest BCUT2D eigenvalue weighted by Crippen LogP contribution is 2.30. The molecule has 0 unspecified atom stereocenters. The van der Waals surface area contributed by atoms with E-state index in [1.807, 2.05) is 0 Å². The van der Waals surface area contributed by atoms with Gasteiger partial charge in [0, 0.05) is 23.0 Å². The molecule has 0 bridgehead atoms. The summed E-state index contributed by atoms with van der Waals surface area (Å²) < 4.78 is 25.3. The van der Waals surface area contributed by atoms with Crippen molar-refractivity contribution in [3.63, 3.8) is 0 Å². The van der Waals surface area contributed by atoms with Gasteiger partial charge < -0.3 is 5.32 Å². The molecule has 154 valence electrons. The number of halogens is 1. The van der Waals surface area contributed by atoms with Gasteiger partial charge in [-0.25, -0.2) is 8.42 Å². The predicted octanol–water partition coefficient (Wildman–Crippen LogP) is 5.37. The summed E-state index contributed by atoms with van der Waals surface area (Å²) in [5.41, 5.74) is 2.50. The number of hydrogen-bond donors (Lipinski definition) is 1. The molecule has 5 nitrogen and oxygen atoms in total. The maximum Gasteiger partial charge on any atom is 0.255 e.